The van der Waals surface area contributed by atoms with Crippen molar-refractivity contribution < 1.29 is 9.53 Å². The van der Waals surface area contributed by atoms with Gasteiger partial charge in [0.15, 0.2) is 0 Å². The van der Waals surface area contributed by atoms with Crippen LogP contribution in [0.3, 0.4) is 0 Å². The fraction of sp³-hybridized carbons (Fsp3) is 0.615. The number of hydrogen-bond acceptors (Lipinski definition) is 4. The quantitative estimate of drug-likeness (QED) is 0.849. The lowest BCUT2D eigenvalue weighted by molar-refractivity contribution is 0.0535. The third-order valence-electron chi connectivity index (χ3n) is 4.02. The number of carbonyl (C=O) groups excluding carboxylic acids is 1. The van der Waals surface area contributed by atoms with Crippen LogP contribution in [-0.4, -0.2) is 35.4 Å². The van der Waals surface area contributed by atoms with Gasteiger partial charge in [-0.2, -0.15) is 10.2 Å². The summed E-state index contributed by atoms with van der Waals surface area (Å²) < 4.78 is 5.37. The van der Waals surface area contributed by atoms with E-state index in [1.807, 2.05) is 6.92 Å². The van der Waals surface area contributed by atoms with Gasteiger partial charge in [0.1, 0.15) is 0 Å². The van der Waals surface area contributed by atoms with E-state index in [1.54, 1.807) is 6.07 Å². The Morgan fingerprint density at radius 2 is 2.28 bits per heavy atom. The van der Waals surface area contributed by atoms with Crippen LogP contribution in [0.5, 0.6) is 0 Å². The van der Waals surface area contributed by atoms with Crippen LogP contribution < -0.4 is 5.32 Å². The van der Waals surface area contributed by atoms with Gasteiger partial charge in [-0.15, -0.1) is 0 Å². The number of carbonyl (C=O) groups is 1. The van der Waals surface area contributed by atoms with E-state index in [9.17, 15) is 4.79 Å². The number of rotatable bonds is 2. The van der Waals surface area contributed by atoms with E-state index in [-0.39, 0.29) is 5.91 Å². The summed E-state index contributed by atoms with van der Waals surface area (Å²) in [5.74, 6) is -0.0404. The maximum absolute atomic E-state index is 12.1. The molecule has 1 atom stereocenters. The molecule has 0 aromatic carbocycles. The molecule has 0 radical (unpaired) electrons. The second-order valence-electron chi connectivity index (χ2n) is 5.29. The van der Waals surface area contributed by atoms with Gasteiger partial charge in [0.05, 0.1) is 17.5 Å². The molecule has 1 unspecified atom stereocenters. The highest BCUT2D eigenvalue weighted by Crippen LogP contribution is 2.53. The van der Waals surface area contributed by atoms with Gasteiger partial charge in [-0.1, -0.05) is 0 Å². The standard InChI is InChI=1S/C13H17N3O2/c1-9-6-10(8-14-16-9)12(17)15-11-7-13(11)2-4-18-5-3-13/h6,8,11H,2-5,7H2,1H3,(H,15,17). The number of hydrogen-bond donors (Lipinski definition) is 1. The van der Waals surface area contributed by atoms with Gasteiger partial charge in [0, 0.05) is 19.3 Å². The van der Waals surface area contributed by atoms with Crippen LogP contribution in [0.25, 0.3) is 0 Å². The molecule has 1 saturated heterocycles. The summed E-state index contributed by atoms with van der Waals surface area (Å²) >= 11 is 0. The Balaban J connectivity index is 1.63. The highest BCUT2D eigenvalue weighted by atomic mass is 16.5. The van der Waals surface area contributed by atoms with Crippen molar-refractivity contribution in [1.29, 1.82) is 0 Å². The zero-order valence-electron chi connectivity index (χ0n) is 10.5. The van der Waals surface area contributed by atoms with Crippen molar-refractivity contribution >= 4 is 5.91 Å². The smallest absolute Gasteiger partial charge is 0.253 e. The van der Waals surface area contributed by atoms with Gasteiger partial charge >= 0.3 is 0 Å². The predicted molar refractivity (Wildman–Crippen MR) is 65.1 cm³/mol. The molecule has 18 heavy (non-hydrogen) atoms. The van der Waals surface area contributed by atoms with Crippen molar-refractivity contribution in [1.82, 2.24) is 15.5 Å². The van der Waals surface area contributed by atoms with Gasteiger partial charge in [-0.3, -0.25) is 4.79 Å². The lowest BCUT2D eigenvalue weighted by Gasteiger charge is -2.22. The molecule has 1 amide bonds. The lowest BCUT2D eigenvalue weighted by Crippen LogP contribution is -2.32. The molecule has 2 heterocycles. The van der Waals surface area contributed by atoms with Gasteiger partial charge in [-0.25, -0.2) is 0 Å². The molecule has 1 spiro atoms. The average Bonchev–Trinajstić information content (AvgIpc) is 3.02. The molecule has 0 bridgehead atoms. The first-order chi connectivity index (χ1) is 8.70. The number of ether oxygens (including phenoxy) is 1. The Morgan fingerprint density at radius 1 is 1.50 bits per heavy atom. The van der Waals surface area contributed by atoms with Crippen molar-refractivity contribution in [2.45, 2.75) is 32.2 Å². The summed E-state index contributed by atoms with van der Waals surface area (Å²) in [6, 6.07) is 2.07. The lowest BCUT2D eigenvalue weighted by atomic mass is 9.96. The van der Waals surface area contributed by atoms with E-state index in [0.717, 1.165) is 38.2 Å². The van der Waals surface area contributed by atoms with Crippen LogP contribution in [0.4, 0.5) is 0 Å². The minimum absolute atomic E-state index is 0.0404. The molecular weight excluding hydrogens is 230 g/mol. The Kier molecular flexibility index (Phi) is 2.78. The minimum atomic E-state index is -0.0404. The molecule has 96 valence electrons. The van der Waals surface area contributed by atoms with Gasteiger partial charge < -0.3 is 10.1 Å². The van der Waals surface area contributed by atoms with Crippen LogP contribution >= 0.6 is 0 Å². The fourth-order valence-corrected chi connectivity index (χ4v) is 2.72. The number of amides is 1. The number of nitrogens with zero attached hydrogens (tertiary/aromatic N) is 2. The SMILES string of the molecule is Cc1cc(C(=O)NC2CC23CCOCC3)cnn1. The monoisotopic (exact) mass is 247 g/mol. The van der Waals surface area contributed by atoms with Crippen LogP contribution in [0, 0.1) is 12.3 Å². The van der Waals surface area contributed by atoms with Crippen LogP contribution in [0.15, 0.2) is 12.3 Å². The summed E-state index contributed by atoms with van der Waals surface area (Å²) in [6.07, 6.45) is 4.72. The number of aryl methyl sites for hydroxylation is 1. The molecule has 5 heteroatoms. The highest BCUT2D eigenvalue weighted by Gasteiger charge is 2.55. The predicted octanol–water partition coefficient (Wildman–Crippen LogP) is 1.08. The maximum Gasteiger partial charge on any atom is 0.253 e. The Labute approximate surface area is 106 Å². The number of aromatic nitrogens is 2. The van der Waals surface area contributed by atoms with Crippen molar-refractivity contribution in [2.24, 2.45) is 5.41 Å². The highest BCUT2D eigenvalue weighted by molar-refractivity contribution is 5.94. The van der Waals surface area contributed by atoms with Crippen LogP contribution in [-0.2, 0) is 4.74 Å². The summed E-state index contributed by atoms with van der Waals surface area (Å²) in [4.78, 5) is 12.1. The molecule has 1 aliphatic heterocycles. The Bertz CT molecular complexity index is 469. The molecule has 3 rings (SSSR count). The molecule has 1 aromatic heterocycles. The molecule has 1 aromatic rings. The topological polar surface area (TPSA) is 64.1 Å². The maximum atomic E-state index is 12.1. The van der Waals surface area contributed by atoms with E-state index in [2.05, 4.69) is 15.5 Å². The van der Waals surface area contributed by atoms with E-state index in [1.165, 1.54) is 6.20 Å². The molecule has 1 aliphatic carbocycles. The summed E-state index contributed by atoms with van der Waals surface area (Å²) in [5.41, 5.74) is 1.67. The van der Waals surface area contributed by atoms with Crippen molar-refractivity contribution in [3.63, 3.8) is 0 Å². The first kappa shape index (κ1) is 11.6. The molecule has 2 fully saturated rings. The molecular formula is C13H17N3O2. The van der Waals surface area contributed by atoms with E-state index in [4.69, 9.17) is 4.74 Å². The van der Waals surface area contributed by atoms with Gasteiger partial charge in [-0.05, 0) is 37.7 Å². The third kappa shape index (κ3) is 2.10. The van der Waals surface area contributed by atoms with Crippen molar-refractivity contribution in [3.8, 4) is 0 Å². The second-order valence-corrected chi connectivity index (χ2v) is 5.29. The van der Waals surface area contributed by atoms with Gasteiger partial charge in [0.25, 0.3) is 5.91 Å². The van der Waals surface area contributed by atoms with E-state index >= 15 is 0 Å². The van der Waals surface area contributed by atoms with Crippen LogP contribution in [0.1, 0.15) is 35.3 Å². The summed E-state index contributed by atoms with van der Waals surface area (Å²) in [7, 11) is 0. The number of nitrogens with one attached hydrogen (secondary N) is 1. The first-order valence-corrected chi connectivity index (χ1v) is 6.38. The Hall–Kier alpha value is -1.49. The van der Waals surface area contributed by atoms with E-state index in [0.29, 0.717) is 17.0 Å². The zero-order valence-corrected chi connectivity index (χ0v) is 10.5. The van der Waals surface area contributed by atoms with Crippen molar-refractivity contribution in [3.05, 3.63) is 23.5 Å². The van der Waals surface area contributed by atoms with Crippen LogP contribution in [0.2, 0.25) is 0 Å². The molecule has 1 saturated carbocycles. The largest absolute Gasteiger partial charge is 0.381 e. The summed E-state index contributed by atoms with van der Waals surface area (Å²) in [5, 5.41) is 10.8. The zero-order chi connectivity index (χ0) is 12.6. The van der Waals surface area contributed by atoms with E-state index < -0.39 is 0 Å². The second kappa shape index (κ2) is 4.31. The Morgan fingerprint density at radius 3 is 3.00 bits per heavy atom. The average molecular weight is 247 g/mol. The normalized spacial score (nSPS) is 24.8. The minimum Gasteiger partial charge on any atom is -0.381 e. The molecule has 5 nitrogen and oxygen atoms in total. The first-order valence-electron chi connectivity index (χ1n) is 6.38. The molecule has 2 aliphatic rings. The fourth-order valence-electron chi connectivity index (χ4n) is 2.72. The summed E-state index contributed by atoms with van der Waals surface area (Å²) in [6.45, 7) is 3.48. The van der Waals surface area contributed by atoms with Gasteiger partial charge in [0.2, 0.25) is 0 Å². The molecule has 1 N–H and O–H groups in total. The van der Waals surface area contributed by atoms with Crippen molar-refractivity contribution in [2.75, 3.05) is 13.2 Å². The third-order valence-corrected chi connectivity index (χ3v) is 4.02.